The first-order valence-electron chi connectivity index (χ1n) is 12.1. The van der Waals surface area contributed by atoms with Crippen molar-refractivity contribution in [1.29, 1.82) is 0 Å². The van der Waals surface area contributed by atoms with Gasteiger partial charge in [-0.2, -0.15) is 0 Å². The van der Waals surface area contributed by atoms with Crippen molar-refractivity contribution in [3.63, 3.8) is 0 Å². The molecule has 3 heteroatoms. The van der Waals surface area contributed by atoms with Crippen LogP contribution in [0.5, 0.6) is 0 Å². The first-order valence-corrected chi connectivity index (χ1v) is 12.9. The van der Waals surface area contributed by atoms with Crippen LogP contribution in [-0.4, -0.2) is 4.57 Å². The third-order valence-electron chi connectivity index (χ3n) is 6.33. The van der Waals surface area contributed by atoms with Crippen molar-refractivity contribution in [2.24, 2.45) is 0 Å². The summed E-state index contributed by atoms with van der Waals surface area (Å²) < 4.78 is 9.56. The molecule has 174 valence electrons. The monoisotopic (exact) mass is 521 g/mol. The molecule has 0 bridgehead atoms. The molecule has 2 aromatic heterocycles. The summed E-state index contributed by atoms with van der Waals surface area (Å²) in [5.74, 6) is 0. The Hall–Kier alpha value is -3.56. The van der Waals surface area contributed by atoms with Crippen LogP contribution in [0.2, 0.25) is 0 Å². The second-order valence-electron chi connectivity index (χ2n) is 8.25. The lowest BCUT2D eigenvalue weighted by molar-refractivity contribution is 0.669. The summed E-state index contributed by atoms with van der Waals surface area (Å²) in [5.41, 5.74) is 7.75. The standard InChI is InChI=1S/C30H22BrNO.C2H6/c1-3-7-22(4-2)32-27-9-6-5-8-23(27)25-16-19(11-14-28(25)32)20-10-13-24-26-18-21(31)12-15-29(26)33-30(24)17-20;1-2/h3-18H,1-2H3;1-2H3/b7-3-,22-4+;. The lowest BCUT2D eigenvalue weighted by atomic mass is 10.0. The zero-order valence-electron chi connectivity index (χ0n) is 20.5. The molecule has 4 aromatic carbocycles. The van der Waals surface area contributed by atoms with Crippen LogP contribution in [0.4, 0.5) is 0 Å². The van der Waals surface area contributed by atoms with E-state index >= 15 is 0 Å². The minimum Gasteiger partial charge on any atom is -0.456 e. The molecule has 0 saturated heterocycles. The molecule has 2 nitrogen and oxygen atoms in total. The molecule has 0 amide bonds. The van der Waals surface area contributed by atoms with Crippen molar-refractivity contribution < 1.29 is 4.42 Å². The Morgan fingerprint density at radius 2 is 1.46 bits per heavy atom. The van der Waals surface area contributed by atoms with E-state index in [1.165, 1.54) is 33.1 Å². The molecule has 0 fully saturated rings. The smallest absolute Gasteiger partial charge is 0.136 e. The summed E-state index contributed by atoms with van der Waals surface area (Å²) in [5, 5.41) is 4.78. The number of rotatable bonds is 3. The van der Waals surface area contributed by atoms with Gasteiger partial charge in [0.2, 0.25) is 0 Å². The van der Waals surface area contributed by atoms with Crippen molar-refractivity contribution in [3.05, 3.63) is 102 Å². The molecule has 0 aliphatic carbocycles. The van der Waals surface area contributed by atoms with Crippen molar-refractivity contribution in [3.8, 4) is 11.1 Å². The Labute approximate surface area is 214 Å². The molecule has 0 spiro atoms. The normalized spacial score (nSPS) is 12.2. The summed E-state index contributed by atoms with van der Waals surface area (Å²) >= 11 is 3.57. The predicted molar refractivity (Wildman–Crippen MR) is 156 cm³/mol. The number of halogens is 1. The van der Waals surface area contributed by atoms with Gasteiger partial charge in [-0.3, -0.25) is 0 Å². The van der Waals surface area contributed by atoms with Crippen molar-refractivity contribution in [2.75, 3.05) is 0 Å². The molecule has 0 aliphatic rings. The van der Waals surface area contributed by atoms with Crippen LogP contribution in [0, 0.1) is 0 Å². The van der Waals surface area contributed by atoms with Crippen LogP contribution in [-0.2, 0) is 0 Å². The van der Waals surface area contributed by atoms with Gasteiger partial charge in [-0.25, -0.2) is 0 Å². The third-order valence-corrected chi connectivity index (χ3v) is 6.82. The quantitative estimate of drug-likeness (QED) is 0.212. The van der Waals surface area contributed by atoms with E-state index in [4.69, 9.17) is 4.42 Å². The largest absolute Gasteiger partial charge is 0.456 e. The van der Waals surface area contributed by atoms with E-state index in [1.54, 1.807) is 0 Å². The molecule has 35 heavy (non-hydrogen) atoms. The average Bonchev–Trinajstić information content (AvgIpc) is 3.43. The number of para-hydroxylation sites is 1. The van der Waals surface area contributed by atoms with Gasteiger partial charge >= 0.3 is 0 Å². The summed E-state index contributed by atoms with van der Waals surface area (Å²) in [7, 11) is 0. The number of allylic oxidation sites excluding steroid dienone is 4. The van der Waals surface area contributed by atoms with E-state index in [0.717, 1.165) is 32.0 Å². The Kier molecular flexibility index (Phi) is 6.36. The Balaban J connectivity index is 0.00000124. The highest BCUT2D eigenvalue weighted by Gasteiger charge is 2.14. The fraction of sp³-hybridized carbons (Fsp3) is 0.125. The summed E-state index contributed by atoms with van der Waals surface area (Å²) in [4.78, 5) is 0. The maximum absolute atomic E-state index is 6.16. The van der Waals surface area contributed by atoms with Crippen molar-refractivity contribution in [1.82, 2.24) is 4.57 Å². The minimum absolute atomic E-state index is 0.909. The Morgan fingerprint density at radius 3 is 2.26 bits per heavy atom. The second-order valence-corrected chi connectivity index (χ2v) is 9.17. The molecule has 0 aliphatic heterocycles. The first kappa shape index (κ1) is 23.2. The number of aromatic nitrogens is 1. The molecule has 0 saturated carbocycles. The number of fused-ring (bicyclic) bond motifs is 6. The van der Waals surface area contributed by atoms with Crippen LogP contribution >= 0.6 is 15.9 Å². The van der Waals surface area contributed by atoms with Crippen LogP contribution in [0.3, 0.4) is 0 Å². The van der Waals surface area contributed by atoms with Crippen LogP contribution in [0.1, 0.15) is 27.7 Å². The van der Waals surface area contributed by atoms with Gasteiger partial charge in [0.25, 0.3) is 0 Å². The highest BCUT2D eigenvalue weighted by Crippen LogP contribution is 2.37. The number of furan rings is 1. The number of nitrogens with zero attached hydrogens (tertiary/aromatic N) is 1. The lowest BCUT2D eigenvalue weighted by Gasteiger charge is -2.09. The molecule has 2 heterocycles. The van der Waals surface area contributed by atoms with Crippen LogP contribution in [0.25, 0.3) is 60.6 Å². The topological polar surface area (TPSA) is 18.1 Å². The molecular formula is C32H28BrNO. The molecule has 0 unspecified atom stereocenters. The maximum Gasteiger partial charge on any atom is 0.136 e. The fourth-order valence-corrected chi connectivity index (χ4v) is 5.19. The van der Waals surface area contributed by atoms with Gasteiger partial charge in [0.1, 0.15) is 11.2 Å². The van der Waals surface area contributed by atoms with Gasteiger partial charge in [-0.05, 0) is 79.6 Å². The van der Waals surface area contributed by atoms with Gasteiger partial charge in [-0.15, -0.1) is 0 Å². The van der Waals surface area contributed by atoms with Crippen LogP contribution in [0.15, 0.2) is 106 Å². The van der Waals surface area contributed by atoms with E-state index in [-0.39, 0.29) is 0 Å². The fourth-order valence-electron chi connectivity index (χ4n) is 4.83. The highest BCUT2D eigenvalue weighted by molar-refractivity contribution is 9.10. The van der Waals surface area contributed by atoms with Gasteiger partial charge in [0.15, 0.2) is 0 Å². The lowest BCUT2D eigenvalue weighted by Crippen LogP contribution is -1.94. The van der Waals surface area contributed by atoms with E-state index < -0.39 is 0 Å². The van der Waals surface area contributed by atoms with E-state index in [9.17, 15) is 0 Å². The molecular weight excluding hydrogens is 494 g/mol. The third kappa shape index (κ3) is 3.90. The molecule has 6 aromatic rings. The van der Waals surface area contributed by atoms with E-state index in [1.807, 2.05) is 26.0 Å². The zero-order chi connectivity index (χ0) is 24.5. The summed E-state index contributed by atoms with van der Waals surface area (Å²) in [6.07, 6.45) is 6.41. The SMILES string of the molecule is C/C=C\C(=C/C)n1c2ccccc2c2cc(-c3ccc4c(c3)oc3ccc(Br)cc34)ccc21.CC. The van der Waals surface area contributed by atoms with Crippen LogP contribution < -0.4 is 0 Å². The highest BCUT2D eigenvalue weighted by atomic mass is 79.9. The summed E-state index contributed by atoms with van der Waals surface area (Å²) in [6, 6.07) is 28.0. The molecule has 0 N–H and O–H groups in total. The number of hydrogen-bond donors (Lipinski definition) is 0. The molecule has 0 radical (unpaired) electrons. The maximum atomic E-state index is 6.16. The van der Waals surface area contributed by atoms with Gasteiger partial charge < -0.3 is 8.98 Å². The molecule has 0 atom stereocenters. The predicted octanol–water partition coefficient (Wildman–Crippen LogP) is 10.6. The minimum atomic E-state index is 0.909. The van der Waals surface area contributed by atoms with E-state index in [0.29, 0.717) is 0 Å². The first-order chi connectivity index (χ1) is 17.2. The summed E-state index contributed by atoms with van der Waals surface area (Å²) in [6.45, 7) is 8.15. The van der Waals surface area contributed by atoms with Crippen molar-refractivity contribution >= 4 is 65.4 Å². The van der Waals surface area contributed by atoms with Gasteiger partial charge in [-0.1, -0.05) is 72.3 Å². The number of benzene rings is 4. The number of hydrogen-bond acceptors (Lipinski definition) is 1. The molecule has 6 rings (SSSR count). The van der Waals surface area contributed by atoms with Crippen molar-refractivity contribution in [2.45, 2.75) is 27.7 Å². The van der Waals surface area contributed by atoms with E-state index in [2.05, 4.69) is 119 Å². The van der Waals surface area contributed by atoms with Gasteiger partial charge in [0, 0.05) is 31.7 Å². The second kappa shape index (κ2) is 9.59. The average molecular weight is 522 g/mol. The Bertz CT molecular complexity index is 1750. The Morgan fingerprint density at radius 1 is 0.714 bits per heavy atom. The van der Waals surface area contributed by atoms with Gasteiger partial charge in [0.05, 0.1) is 11.0 Å². The zero-order valence-corrected chi connectivity index (χ0v) is 22.1.